The molecule has 0 saturated carbocycles. The Kier molecular flexibility index (Phi) is 7.85. The molecule has 0 saturated heterocycles. The summed E-state index contributed by atoms with van der Waals surface area (Å²) >= 11 is 0. The Morgan fingerprint density at radius 2 is 1.32 bits per heavy atom. The van der Waals surface area contributed by atoms with Crippen LogP contribution in [0.4, 0.5) is 0 Å². The van der Waals surface area contributed by atoms with E-state index in [1.165, 1.54) is 22.3 Å². The number of aromatic hydroxyl groups is 1. The molecule has 6 aromatic carbocycles. The van der Waals surface area contributed by atoms with Crippen molar-refractivity contribution in [2.75, 3.05) is 0 Å². The normalized spacial score (nSPS) is 12.7. The Hall–Kier alpha value is -5.57. The fourth-order valence-electron chi connectivity index (χ4n) is 7.46. The van der Waals surface area contributed by atoms with Gasteiger partial charge in [0.2, 0.25) is 0 Å². The van der Waals surface area contributed by atoms with E-state index in [1.807, 2.05) is 48.7 Å². The topological polar surface area (TPSA) is 50.9 Å². The van der Waals surface area contributed by atoms with Gasteiger partial charge >= 0.3 is 0 Å². The molecule has 2 aromatic heterocycles. The van der Waals surface area contributed by atoms with Crippen molar-refractivity contribution in [1.82, 2.24) is 14.5 Å². The maximum atomic E-state index is 11.0. The molecule has 2 heterocycles. The number of rotatable bonds is 5. The van der Waals surface area contributed by atoms with E-state index in [1.54, 1.807) is 6.07 Å². The van der Waals surface area contributed by atoms with Gasteiger partial charge in [0.05, 0.1) is 16.6 Å². The van der Waals surface area contributed by atoms with Gasteiger partial charge in [0.25, 0.3) is 0 Å². The van der Waals surface area contributed by atoms with Gasteiger partial charge in [0.15, 0.2) is 0 Å². The third-order valence-corrected chi connectivity index (χ3v) is 9.87. The SMILES string of the molecule is CC1(C)c2ccccc2-c2c(-c3cccc4c3nc(-c3ccccc3O)n4-c3ccccc3)[c-]c(-c3cc(-c4ccccc4)ccn3)cc21.[Pt]. The molecular formula is C45H32N3OPt-. The smallest absolute Gasteiger partial charge is 0.148 e. The molecular weight excluding hydrogens is 794 g/mol. The summed E-state index contributed by atoms with van der Waals surface area (Å²) in [6, 6.07) is 53.5. The quantitative estimate of drug-likeness (QED) is 0.176. The van der Waals surface area contributed by atoms with Gasteiger partial charge in [0.1, 0.15) is 11.6 Å². The summed E-state index contributed by atoms with van der Waals surface area (Å²) in [7, 11) is 0. The van der Waals surface area contributed by atoms with E-state index in [4.69, 9.17) is 9.97 Å². The molecule has 0 radical (unpaired) electrons. The summed E-state index contributed by atoms with van der Waals surface area (Å²) in [5, 5.41) is 11.0. The van der Waals surface area contributed by atoms with E-state index in [0.717, 1.165) is 50.2 Å². The number of hydrogen-bond donors (Lipinski definition) is 1. The largest absolute Gasteiger partial charge is 0.507 e. The van der Waals surface area contributed by atoms with Crippen molar-refractivity contribution in [2.24, 2.45) is 0 Å². The summed E-state index contributed by atoms with van der Waals surface area (Å²) in [6.45, 7) is 4.61. The summed E-state index contributed by atoms with van der Waals surface area (Å²) in [5.74, 6) is 0.864. The van der Waals surface area contributed by atoms with Gasteiger partial charge in [-0.05, 0) is 58.7 Å². The Morgan fingerprint density at radius 3 is 2.10 bits per heavy atom. The number of para-hydroxylation sites is 3. The number of phenols is 1. The molecule has 1 aliphatic carbocycles. The number of pyridine rings is 1. The zero-order chi connectivity index (χ0) is 33.1. The number of benzene rings is 6. The van der Waals surface area contributed by atoms with E-state index in [0.29, 0.717) is 11.4 Å². The molecule has 5 heteroatoms. The molecule has 50 heavy (non-hydrogen) atoms. The fourth-order valence-corrected chi connectivity index (χ4v) is 7.46. The molecule has 0 amide bonds. The van der Waals surface area contributed by atoms with E-state index in [2.05, 4.69) is 122 Å². The first-order chi connectivity index (χ1) is 24.0. The third-order valence-electron chi connectivity index (χ3n) is 9.87. The van der Waals surface area contributed by atoms with Gasteiger partial charge < -0.3 is 5.11 Å². The van der Waals surface area contributed by atoms with Crippen molar-refractivity contribution in [3.63, 3.8) is 0 Å². The minimum atomic E-state index is -0.236. The molecule has 1 N–H and O–H groups in total. The van der Waals surface area contributed by atoms with Crippen molar-refractivity contribution in [2.45, 2.75) is 19.3 Å². The second-order valence-corrected chi connectivity index (χ2v) is 13.1. The van der Waals surface area contributed by atoms with Crippen LogP contribution in [0.25, 0.3) is 72.7 Å². The van der Waals surface area contributed by atoms with Gasteiger partial charge in [-0.1, -0.05) is 139 Å². The maximum Gasteiger partial charge on any atom is 0.148 e. The van der Waals surface area contributed by atoms with Crippen LogP contribution < -0.4 is 0 Å². The second kappa shape index (κ2) is 12.4. The van der Waals surface area contributed by atoms with Crippen molar-refractivity contribution in [3.8, 4) is 67.5 Å². The zero-order valence-corrected chi connectivity index (χ0v) is 29.8. The molecule has 0 atom stereocenters. The number of hydrogen-bond acceptors (Lipinski definition) is 3. The van der Waals surface area contributed by atoms with Crippen LogP contribution in [0, 0.1) is 6.07 Å². The van der Waals surface area contributed by atoms with E-state index >= 15 is 0 Å². The van der Waals surface area contributed by atoms with E-state index in [-0.39, 0.29) is 32.2 Å². The number of imidazole rings is 1. The minimum Gasteiger partial charge on any atom is -0.507 e. The van der Waals surface area contributed by atoms with Crippen LogP contribution in [0.15, 0.2) is 152 Å². The third kappa shape index (κ3) is 5.02. The first-order valence-corrected chi connectivity index (χ1v) is 16.6. The van der Waals surface area contributed by atoms with Gasteiger partial charge in [-0.25, -0.2) is 4.98 Å². The van der Waals surface area contributed by atoms with Crippen LogP contribution in [0.1, 0.15) is 25.0 Å². The average Bonchev–Trinajstić information content (AvgIpc) is 3.65. The first kappa shape index (κ1) is 31.7. The standard InChI is InChI=1S/C45H32N3O.Pt/c1-45(2)37-21-11-9-18-34(37)42-36(26-31(27-38(42)45)39-28-30(24-25-46-39)29-14-5-3-6-15-29)33-20-13-22-40-43(33)47-44(35-19-10-12-23-41(35)49)48(40)32-16-7-4-8-17-32;/h3-25,27-28,49H,1-2H3;/q-1;. The molecule has 1 aliphatic rings. The Bertz CT molecular complexity index is 2540. The monoisotopic (exact) mass is 825 g/mol. The molecule has 4 nitrogen and oxygen atoms in total. The van der Waals surface area contributed by atoms with Crippen LogP contribution >= 0.6 is 0 Å². The molecule has 0 aliphatic heterocycles. The van der Waals surface area contributed by atoms with Crippen molar-refractivity contribution < 1.29 is 26.2 Å². The Balaban J connectivity index is 0.00000361. The molecule has 0 fully saturated rings. The fraction of sp³-hybridized carbons (Fsp3) is 0.0667. The molecule has 0 bridgehead atoms. The number of fused-ring (bicyclic) bond motifs is 4. The first-order valence-electron chi connectivity index (χ1n) is 16.6. The zero-order valence-electron chi connectivity index (χ0n) is 27.5. The number of aromatic nitrogens is 3. The summed E-state index contributed by atoms with van der Waals surface area (Å²) in [4.78, 5) is 10.2. The van der Waals surface area contributed by atoms with E-state index < -0.39 is 0 Å². The van der Waals surface area contributed by atoms with Gasteiger partial charge in [0, 0.05) is 44.1 Å². The molecule has 9 rings (SSSR count). The van der Waals surface area contributed by atoms with Crippen LogP contribution in [-0.2, 0) is 26.5 Å². The van der Waals surface area contributed by atoms with Gasteiger partial charge in [-0.2, -0.15) is 0 Å². The van der Waals surface area contributed by atoms with Gasteiger partial charge in [-0.15, -0.1) is 17.7 Å². The maximum absolute atomic E-state index is 11.0. The number of nitrogens with zero attached hydrogens (tertiary/aromatic N) is 3. The Labute approximate surface area is 306 Å². The van der Waals surface area contributed by atoms with Crippen LogP contribution in [0.3, 0.4) is 0 Å². The summed E-state index contributed by atoms with van der Waals surface area (Å²) < 4.78 is 2.14. The second-order valence-electron chi connectivity index (χ2n) is 13.1. The summed E-state index contributed by atoms with van der Waals surface area (Å²) in [5.41, 5.74) is 14.2. The summed E-state index contributed by atoms with van der Waals surface area (Å²) in [6.07, 6.45) is 1.89. The van der Waals surface area contributed by atoms with Gasteiger partial charge in [-0.3, -0.25) is 9.55 Å². The molecule has 0 unspecified atom stereocenters. The molecule has 0 spiro atoms. The van der Waals surface area contributed by atoms with Crippen molar-refractivity contribution >= 4 is 11.0 Å². The number of phenolic OH excluding ortho intramolecular Hbond substituents is 1. The van der Waals surface area contributed by atoms with Crippen LogP contribution in [-0.4, -0.2) is 19.6 Å². The molecule has 8 aromatic rings. The predicted molar refractivity (Wildman–Crippen MR) is 199 cm³/mol. The van der Waals surface area contributed by atoms with Crippen molar-refractivity contribution in [1.29, 1.82) is 0 Å². The Morgan fingerprint density at radius 1 is 0.640 bits per heavy atom. The predicted octanol–water partition coefficient (Wildman–Crippen LogP) is 10.9. The molecule has 244 valence electrons. The van der Waals surface area contributed by atoms with Crippen molar-refractivity contribution in [3.05, 3.63) is 169 Å². The van der Waals surface area contributed by atoms with Crippen LogP contribution in [0.5, 0.6) is 5.75 Å². The average molecular weight is 826 g/mol. The van der Waals surface area contributed by atoms with Crippen LogP contribution in [0.2, 0.25) is 0 Å². The minimum absolute atomic E-state index is 0. The van der Waals surface area contributed by atoms with E-state index in [9.17, 15) is 5.11 Å².